The van der Waals surface area contributed by atoms with Crippen LogP contribution in [0, 0.1) is 20.8 Å². The largest absolute Gasteiger partial charge is 0.507 e. The van der Waals surface area contributed by atoms with E-state index < -0.39 is 5.63 Å². The van der Waals surface area contributed by atoms with Crippen LogP contribution < -0.4 is 5.63 Å². The first kappa shape index (κ1) is 10.5. The molecule has 1 aromatic heterocycles. The molecule has 0 saturated carbocycles. The van der Waals surface area contributed by atoms with Crippen LogP contribution in [0.5, 0.6) is 11.5 Å². The Labute approximate surface area is 91.8 Å². The van der Waals surface area contributed by atoms with Gasteiger partial charge in [0.25, 0.3) is 0 Å². The van der Waals surface area contributed by atoms with Crippen LogP contribution in [0.2, 0.25) is 0 Å². The third kappa shape index (κ3) is 1.26. The van der Waals surface area contributed by atoms with Gasteiger partial charge in [-0.2, -0.15) is 0 Å². The SMILES string of the molecule is Cc1cc(O)c2c(C)c(C)c(=O)oc2c1O. The van der Waals surface area contributed by atoms with Gasteiger partial charge in [-0.25, -0.2) is 4.79 Å². The third-order valence-corrected chi connectivity index (χ3v) is 2.86. The fraction of sp³-hybridized carbons (Fsp3) is 0.250. The van der Waals surface area contributed by atoms with Crippen LogP contribution in [0.25, 0.3) is 11.0 Å². The lowest BCUT2D eigenvalue weighted by atomic mass is 10.0. The van der Waals surface area contributed by atoms with Crippen molar-refractivity contribution in [2.75, 3.05) is 0 Å². The number of aryl methyl sites for hydroxylation is 2. The maximum Gasteiger partial charge on any atom is 0.339 e. The molecule has 0 saturated heterocycles. The van der Waals surface area contributed by atoms with Crippen molar-refractivity contribution in [3.05, 3.63) is 33.2 Å². The number of phenols is 2. The summed E-state index contributed by atoms with van der Waals surface area (Å²) >= 11 is 0. The lowest BCUT2D eigenvalue weighted by Gasteiger charge is -2.09. The van der Waals surface area contributed by atoms with Crippen LogP contribution in [0.15, 0.2) is 15.3 Å². The highest BCUT2D eigenvalue weighted by molar-refractivity contribution is 5.92. The molecule has 16 heavy (non-hydrogen) atoms. The van der Waals surface area contributed by atoms with Crippen LogP contribution in [-0.4, -0.2) is 10.2 Å². The second-order valence-electron chi connectivity index (χ2n) is 3.90. The molecule has 0 atom stereocenters. The Morgan fingerprint density at radius 2 is 1.75 bits per heavy atom. The summed E-state index contributed by atoms with van der Waals surface area (Å²) in [6.07, 6.45) is 0. The standard InChI is InChI=1S/C12H12O4/c1-5-4-8(13)9-6(2)7(3)12(15)16-11(9)10(5)14/h4,13-14H,1-3H3. The molecule has 0 amide bonds. The molecule has 0 spiro atoms. The molecular formula is C12H12O4. The minimum Gasteiger partial charge on any atom is -0.507 e. The first-order chi connectivity index (χ1) is 7.43. The fourth-order valence-corrected chi connectivity index (χ4v) is 1.73. The second-order valence-corrected chi connectivity index (χ2v) is 3.90. The van der Waals surface area contributed by atoms with Gasteiger partial charge in [0.15, 0.2) is 11.3 Å². The first-order valence-corrected chi connectivity index (χ1v) is 4.89. The Balaban J connectivity index is 3.13. The molecule has 84 valence electrons. The molecule has 0 bridgehead atoms. The molecule has 4 nitrogen and oxygen atoms in total. The van der Waals surface area contributed by atoms with Gasteiger partial charge in [-0.1, -0.05) is 0 Å². The van der Waals surface area contributed by atoms with E-state index in [-0.39, 0.29) is 17.1 Å². The Bertz CT molecular complexity index is 638. The molecule has 2 N–H and O–H groups in total. The molecule has 4 heteroatoms. The third-order valence-electron chi connectivity index (χ3n) is 2.86. The number of aromatic hydroxyl groups is 2. The minimum atomic E-state index is -0.495. The quantitative estimate of drug-likeness (QED) is 0.527. The van der Waals surface area contributed by atoms with Gasteiger partial charge in [0.1, 0.15) is 5.75 Å². The van der Waals surface area contributed by atoms with Crippen LogP contribution >= 0.6 is 0 Å². The van der Waals surface area contributed by atoms with E-state index in [1.165, 1.54) is 6.07 Å². The summed E-state index contributed by atoms with van der Waals surface area (Å²) in [6, 6.07) is 1.45. The van der Waals surface area contributed by atoms with Crippen LogP contribution in [-0.2, 0) is 0 Å². The molecule has 0 aliphatic heterocycles. The molecule has 0 aliphatic rings. The molecule has 0 radical (unpaired) electrons. The highest BCUT2D eigenvalue weighted by Gasteiger charge is 2.16. The number of benzene rings is 1. The summed E-state index contributed by atoms with van der Waals surface area (Å²) in [6.45, 7) is 4.96. The van der Waals surface area contributed by atoms with Gasteiger partial charge in [0.2, 0.25) is 0 Å². The maximum atomic E-state index is 11.5. The van der Waals surface area contributed by atoms with Crippen LogP contribution in [0.3, 0.4) is 0 Å². The highest BCUT2D eigenvalue weighted by atomic mass is 16.4. The Kier molecular flexibility index (Phi) is 2.15. The zero-order valence-electron chi connectivity index (χ0n) is 9.29. The van der Waals surface area contributed by atoms with E-state index in [0.717, 1.165) is 0 Å². The molecule has 2 rings (SSSR count). The molecule has 2 aromatic rings. The number of hydrogen-bond donors (Lipinski definition) is 2. The van der Waals surface area contributed by atoms with Gasteiger partial charge < -0.3 is 14.6 Å². The number of hydrogen-bond acceptors (Lipinski definition) is 4. The van der Waals surface area contributed by atoms with Crippen LogP contribution in [0.4, 0.5) is 0 Å². The number of phenolic OH excluding ortho intramolecular Hbond substituents is 2. The zero-order chi connectivity index (χ0) is 12.0. The van der Waals surface area contributed by atoms with E-state index in [0.29, 0.717) is 22.1 Å². The highest BCUT2D eigenvalue weighted by Crippen LogP contribution is 2.36. The van der Waals surface area contributed by atoms with E-state index in [4.69, 9.17) is 4.42 Å². The van der Waals surface area contributed by atoms with Gasteiger partial charge >= 0.3 is 5.63 Å². The van der Waals surface area contributed by atoms with Crippen molar-refractivity contribution < 1.29 is 14.6 Å². The molecular weight excluding hydrogens is 208 g/mol. The predicted octanol–water partition coefficient (Wildman–Crippen LogP) is 2.13. The topological polar surface area (TPSA) is 70.7 Å². The first-order valence-electron chi connectivity index (χ1n) is 4.89. The summed E-state index contributed by atoms with van der Waals surface area (Å²) in [5, 5.41) is 20.0. The summed E-state index contributed by atoms with van der Waals surface area (Å²) in [4.78, 5) is 11.5. The second kappa shape index (κ2) is 3.27. The van der Waals surface area contributed by atoms with Crippen molar-refractivity contribution >= 4 is 11.0 Å². The van der Waals surface area contributed by atoms with Crippen LogP contribution in [0.1, 0.15) is 16.7 Å². The lowest BCUT2D eigenvalue weighted by Crippen LogP contribution is -2.05. The number of rotatable bonds is 0. The fourth-order valence-electron chi connectivity index (χ4n) is 1.73. The van der Waals surface area contributed by atoms with Gasteiger partial charge in [-0.15, -0.1) is 0 Å². The monoisotopic (exact) mass is 220 g/mol. The Hall–Kier alpha value is -1.97. The van der Waals surface area contributed by atoms with Crippen molar-refractivity contribution in [2.24, 2.45) is 0 Å². The molecule has 1 heterocycles. The summed E-state index contributed by atoms with van der Waals surface area (Å²) in [7, 11) is 0. The van der Waals surface area contributed by atoms with Gasteiger partial charge in [-0.05, 0) is 38.0 Å². The van der Waals surface area contributed by atoms with Crippen molar-refractivity contribution in [2.45, 2.75) is 20.8 Å². The maximum absolute atomic E-state index is 11.5. The average Bonchev–Trinajstić information content (AvgIpc) is 2.22. The summed E-state index contributed by atoms with van der Waals surface area (Å²) < 4.78 is 5.00. The minimum absolute atomic E-state index is 0.00894. The van der Waals surface area contributed by atoms with E-state index in [1.54, 1.807) is 20.8 Å². The van der Waals surface area contributed by atoms with E-state index in [1.807, 2.05) is 0 Å². The predicted molar refractivity (Wildman–Crippen MR) is 60.0 cm³/mol. The van der Waals surface area contributed by atoms with Crippen molar-refractivity contribution in [3.8, 4) is 11.5 Å². The molecule has 1 aromatic carbocycles. The van der Waals surface area contributed by atoms with E-state index in [9.17, 15) is 15.0 Å². The summed E-state index contributed by atoms with van der Waals surface area (Å²) in [5.74, 6) is -0.0948. The van der Waals surface area contributed by atoms with Gasteiger partial charge in [-0.3, -0.25) is 0 Å². The smallest absolute Gasteiger partial charge is 0.339 e. The average molecular weight is 220 g/mol. The van der Waals surface area contributed by atoms with E-state index >= 15 is 0 Å². The molecule has 0 aliphatic carbocycles. The molecule has 0 fully saturated rings. The Morgan fingerprint density at radius 1 is 1.12 bits per heavy atom. The normalized spacial score (nSPS) is 10.9. The van der Waals surface area contributed by atoms with Crippen molar-refractivity contribution in [3.63, 3.8) is 0 Å². The van der Waals surface area contributed by atoms with Crippen molar-refractivity contribution in [1.82, 2.24) is 0 Å². The van der Waals surface area contributed by atoms with Gasteiger partial charge in [0, 0.05) is 5.56 Å². The summed E-state index contributed by atoms with van der Waals surface area (Å²) in [5.41, 5.74) is 1.08. The number of fused-ring (bicyclic) bond motifs is 1. The zero-order valence-corrected chi connectivity index (χ0v) is 9.29. The molecule has 0 unspecified atom stereocenters. The van der Waals surface area contributed by atoms with Gasteiger partial charge in [0.05, 0.1) is 5.39 Å². The van der Waals surface area contributed by atoms with Crippen molar-refractivity contribution in [1.29, 1.82) is 0 Å². The van der Waals surface area contributed by atoms with E-state index in [2.05, 4.69) is 0 Å². The Morgan fingerprint density at radius 3 is 2.38 bits per heavy atom. The lowest BCUT2D eigenvalue weighted by molar-refractivity contribution is 0.444.